The summed E-state index contributed by atoms with van der Waals surface area (Å²) >= 11 is 0. The Morgan fingerprint density at radius 3 is 2.56 bits per heavy atom. The maximum atomic E-state index is 10.6. The highest BCUT2D eigenvalue weighted by atomic mass is 16.7. The quantitative estimate of drug-likeness (QED) is 0.353. The molecular weight excluding hydrogens is 436 g/mol. The van der Waals surface area contributed by atoms with Gasteiger partial charge in [0.2, 0.25) is 6.29 Å². The van der Waals surface area contributed by atoms with Gasteiger partial charge in [0.05, 0.1) is 6.61 Å². The fourth-order valence-corrected chi connectivity index (χ4v) is 5.67. The van der Waals surface area contributed by atoms with E-state index in [1.54, 1.807) is 0 Å². The Balaban J connectivity index is 1.75. The number of aliphatic hydroxyl groups excluding tert-OH is 4. The van der Waals surface area contributed by atoms with Gasteiger partial charge in [-0.3, -0.25) is 0 Å². The Morgan fingerprint density at radius 2 is 1.85 bits per heavy atom. The second kappa shape index (κ2) is 10.2. The van der Waals surface area contributed by atoms with Gasteiger partial charge in [-0.1, -0.05) is 31.4 Å². The number of unbranched alkanes of at least 4 members (excludes halogenated alkanes) is 2. The summed E-state index contributed by atoms with van der Waals surface area (Å²) in [6, 6.07) is 4.10. The van der Waals surface area contributed by atoms with Crippen molar-refractivity contribution >= 4 is 0 Å². The maximum absolute atomic E-state index is 10.6. The average molecular weight is 477 g/mol. The Morgan fingerprint density at radius 1 is 1.09 bits per heavy atom. The van der Waals surface area contributed by atoms with Crippen LogP contribution < -0.4 is 9.47 Å². The zero-order chi connectivity index (χ0) is 24.6. The van der Waals surface area contributed by atoms with Crippen LogP contribution in [0.15, 0.2) is 23.8 Å². The SMILES string of the molecule is CCCCCc1cc(O[C@@H]2OC(CO)[C@@H](O)C(O)[C@@H]2O)c2c(c1)OC(C)(C)[C@@H]1CCC(C)=C[C@@H]21. The third-order valence-corrected chi connectivity index (χ3v) is 7.67. The van der Waals surface area contributed by atoms with Gasteiger partial charge in [0.25, 0.3) is 0 Å². The zero-order valence-electron chi connectivity index (χ0n) is 20.7. The topological polar surface area (TPSA) is 109 Å². The molecule has 7 nitrogen and oxygen atoms in total. The molecule has 1 aromatic carbocycles. The van der Waals surface area contributed by atoms with E-state index < -0.39 is 37.3 Å². The minimum atomic E-state index is -1.49. The number of aryl methyl sites for hydroxylation is 1. The second-order valence-corrected chi connectivity index (χ2v) is 10.7. The molecule has 4 rings (SSSR count). The van der Waals surface area contributed by atoms with E-state index >= 15 is 0 Å². The second-order valence-electron chi connectivity index (χ2n) is 10.7. The Bertz CT molecular complexity index is 893. The molecule has 0 spiro atoms. The molecule has 4 N–H and O–H groups in total. The summed E-state index contributed by atoms with van der Waals surface area (Å²) in [6.07, 6.45) is 1.88. The highest BCUT2D eigenvalue weighted by Gasteiger charge is 2.48. The normalized spacial score (nSPS) is 34.5. The third-order valence-electron chi connectivity index (χ3n) is 7.67. The van der Waals surface area contributed by atoms with Crippen molar-refractivity contribution < 1.29 is 34.6 Å². The molecule has 34 heavy (non-hydrogen) atoms. The van der Waals surface area contributed by atoms with Crippen LogP contribution in [0.2, 0.25) is 0 Å². The number of aliphatic hydroxyl groups is 4. The van der Waals surface area contributed by atoms with E-state index in [9.17, 15) is 20.4 Å². The Kier molecular flexibility index (Phi) is 7.60. The first-order valence-corrected chi connectivity index (χ1v) is 12.7. The van der Waals surface area contributed by atoms with E-state index in [1.807, 2.05) is 6.07 Å². The van der Waals surface area contributed by atoms with Gasteiger partial charge in [-0.05, 0) is 64.2 Å². The maximum Gasteiger partial charge on any atom is 0.229 e. The molecule has 7 atom stereocenters. The van der Waals surface area contributed by atoms with E-state index in [0.29, 0.717) is 5.75 Å². The minimum absolute atomic E-state index is 0.0945. The van der Waals surface area contributed by atoms with Gasteiger partial charge in [0, 0.05) is 17.4 Å². The number of hydrogen-bond donors (Lipinski definition) is 4. The molecule has 1 saturated heterocycles. The van der Waals surface area contributed by atoms with Crippen LogP contribution in [0.4, 0.5) is 0 Å². The summed E-state index contributed by atoms with van der Waals surface area (Å²) in [4.78, 5) is 0. The largest absolute Gasteiger partial charge is 0.487 e. The summed E-state index contributed by atoms with van der Waals surface area (Å²) in [5, 5.41) is 40.6. The molecule has 0 saturated carbocycles. The van der Waals surface area contributed by atoms with Crippen LogP contribution in [-0.4, -0.2) is 63.3 Å². The number of rotatable bonds is 7. The Labute approximate surface area is 202 Å². The van der Waals surface area contributed by atoms with Gasteiger partial charge in [0.1, 0.15) is 41.5 Å². The highest BCUT2D eigenvalue weighted by molar-refractivity contribution is 5.54. The average Bonchev–Trinajstić information content (AvgIpc) is 2.78. The summed E-state index contributed by atoms with van der Waals surface area (Å²) in [7, 11) is 0. The summed E-state index contributed by atoms with van der Waals surface area (Å²) in [5.41, 5.74) is 3.00. The number of allylic oxidation sites excluding steroid dienone is 2. The van der Waals surface area contributed by atoms with Crippen molar-refractivity contribution in [3.63, 3.8) is 0 Å². The molecule has 0 bridgehead atoms. The van der Waals surface area contributed by atoms with Crippen LogP contribution >= 0.6 is 0 Å². The van der Waals surface area contributed by atoms with Crippen molar-refractivity contribution in [2.75, 3.05) is 6.61 Å². The number of hydrogen-bond acceptors (Lipinski definition) is 7. The van der Waals surface area contributed by atoms with E-state index in [4.69, 9.17) is 14.2 Å². The van der Waals surface area contributed by atoms with Crippen LogP contribution in [0, 0.1) is 5.92 Å². The van der Waals surface area contributed by atoms with Crippen molar-refractivity contribution in [3.05, 3.63) is 34.9 Å². The van der Waals surface area contributed by atoms with Crippen LogP contribution in [0.1, 0.15) is 76.8 Å². The fraction of sp³-hybridized carbons (Fsp3) is 0.704. The van der Waals surface area contributed by atoms with E-state index in [1.165, 1.54) is 5.57 Å². The van der Waals surface area contributed by atoms with E-state index in [-0.39, 0.29) is 17.4 Å². The number of benzene rings is 1. The number of ether oxygens (including phenoxy) is 3. The standard InChI is InChI=1S/C27H40O7/c1-5-6-7-8-16-12-19(32-26-25(31)24(30)23(29)21(14-28)33-26)22-17-11-15(2)9-10-18(17)27(3,4)34-20(22)13-16/h11-13,17-18,21,23-26,28-31H,5-10,14H2,1-4H3/t17-,18-,21?,23-,24?,25+,26-/m1/s1. The first-order valence-electron chi connectivity index (χ1n) is 12.7. The molecule has 2 unspecified atom stereocenters. The lowest BCUT2D eigenvalue weighted by molar-refractivity contribution is -0.277. The van der Waals surface area contributed by atoms with Crippen molar-refractivity contribution in [1.29, 1.82) is 0 Å². The van der Waals surface area contributed by atoms with Crippen LogP contribution in [0.25, 0.3) is 0 Å². The summed E-state index contributed by atoms with van der Waals surface area (Å²) < 4.78 is 18.5. The van der Waals surface area contributed by atoms with Crippen molar-refractivity contribution in [1.82, 2.24) is 0 Å². The van der Waals surface area contributed by atoms with Crippen molar-refractivity contribution in [2.45, 2.75) is 108 Å². The van der Waals surface area contributed by atoms with Crippen LogP contribution in [-0.2, 0) is 11.2 Å². The zero-order valence-corrected chi connectivity index (χ0v) is 20.7. The Hall–Kier alpha value is -1.64. The lowest BCUT2D eigenvalue weighted by Crippen LogP contribution is -2.60. The van der Waals surface area contributed by atoms with Gasteiger partial charge in [0.15, 0.2) is 0 Å². The fourth-order valence-electron chi connectivity index (χ4n) is 5.67. The van der Waals surface area contributed by atoms with Gasteiger partial charge in [-0.25, -0.2) is 0 Å². The highest BCUT2D eigenvalue weighted by Crippen LogP contribution is 2.54. The molecule has 7 heteroatoms. The molecule has 3 aliphatic rings. The van der Waals surface area contributed by atoms with Crippen LogP contribution in [0.3, 0.4) is 0 Å². The smallest absolute Gasteiger partial charge is 0.229 e. The molecule has 2 aliphatic heterocycles. The summed E-state index contributed by atoms with van der Waals surface area (Å²) in [5.74, 6) is 1.71. The molecule has 1 aliphatic carbocycles. The predicted octanol–water partition coefficient (Wildman–Crippen LogP) is 3.21. The molecule has 0 aromatic heterocycles. The van der Waals surface area contributed by atoms with Crippen molar-refractivity contribution in [3.8, 4) is 11.5 Å². The van der Waals surface area contributed by atoms with E-state index in [0.717, 1.165) is 55.4 Å². The first kappa shape index (κ1) is 25.5. The monoisotopic (exact) mass is 476 g/mol. The summed E-state index contributed by atoms with van der Waals surface area (Å²) in [6.45, 7) is 8.11. The van der Waals surface area contributed by atoms with Gasteiger partial charge in [-0.15, -0.1) is 0 Å². The molecule has 0 amide bonds. The van der Waals surface area contributed by atoms with Gasteiger partial charge in [-0.2, -0.15) is 0 Å². The molecule has 190 valence electrons. The minimum Gasteiger partial charge on any atom is -0.487 e. The lowest BCUT2D eigenvalue weighted by atomic mass is 9.68. The van der Waals surface area contributed by atoms with E-state index in [2.05, 4.69) is 39.8 Å². The molecule has 1 aromatic rings. The molecular formula is C27H40O7. The molecule has 1 fully saturated rings. The molecule has 0 radical (unpaired) electrons. The van der Waals surface area contributed by atoms with Gasteiger partial charge < -0.3 is 34.6 Å². The lowest BCUT2D eigenvalue weighted by Gasteiger charge is -2.47. The predicted molar refractivity (Wildman–Crippen MR) is 128 cm³/mol. The third kappa shape index (κ3) is 4.86. The first-order chi connectivity index (χ1) is 16.2. The van der Waals surface area contributed by atoms with Crippen LogP contribution in [0.5, 0.6) is 11.5 Å². The van der Waals surface area contributed by atoms with Crippen molar-refractivity contribution in [2.24, 2.45) is 5.92 Å². The number of fused-ring (bicyclic) bond motifs is 3. The molecule has 2 heterocycles. The van der Waals surface area contributed by atoms with Gasteiger partial charge >= 0.3 is 0 Å².